The van der Waals surface area contributed by atoms with Crippen molar-refractivity contribution in [2.24, 2.45) is 10.7 Å². The average molecular weight is 509 g/mol. The van der Waals surface area contributed by atoms with E-state index in [-0.39, 0.29) is 5.82 Å². The van der Waals surface area contributed by atoms with Gasteiger partial charge in [0.1, 0.15) is 30.2 Å². The second-order valence-corrected chi connectivity index (χ2v) is 10.6. The SMILES string of the molecule is NC1NC=Nc2c1ncn2[C@@H]1O[C@H](COP(=O)(O)OP(=O)(O)OP(=O)(O)O)[C@H](O)[C@@H]1O. The maximum atomic E-state index is 11.8. The molecule has 9 N–H and O–H groups in total. The van der Waals surface area contributed by atoms with Crippen LogP contribution in [-0.4, -0.2) is 70.6 Å². The number of aromatic nitrogens is 2. The molecule has 0 aromatic carbocycles. The second kappa shape index (κ2) is 8.70. The Morgan fingerprint density at radius 2 is 1.81 bits per heavy atom. The maximum absolute atomic E-state index is 11.8. The van der Waals surface area contributed by atoms with Gasteiger partial charge in [0.05, 0.1) is 19.3 Å². The molecule has 3 heterocycles. The van der Waals surface area contributed by atoms with Crippen LogP contribution in [0.1, 0.15) is 18.1 Å². The van der Waals surface area contributed by atoms with Gasteiger partial charge in [-0.15, -0.1) is 0 Å². The molecule has 0 amide bonds. The Hall–Kier alpha value is -1.07. The summed E-state index contributed by atoms with van der Waals surface area (Å²) in [5.74, 6) is 0.219. The van der Waals surface area contributed by atoms with Crippen molar-refractivity contribution >= 4 is 35.6 Å². The van der Waals surface area contributed by atoms with Crippen molar-refractivity contribution in [1.29, 1.82) is 0 Å². The number of imidazole rings is 1. The lowest BCUT2D eigenvalue weighted by atomic mass is 10.1. The van der Waals surface area contributed by atoms with E-state index in [9.17, 15) is 28.8 Å². The minimum absolute atomic E-state index is 0.219. The number of hydrogen-bond acceptors (Lipinski definition) is 13. The van der Waals surface area contributed by atoms with Crippen LogP contribution in [0, 0.1) is 0 Å². The van der Waals surface area contributed by atoms with Gasteiger partial charge in [-0.25, -0.2) is 23.7 Å². The molecule has 1 fully saturated rings. The number of aliphatic hydroxyl groups is 2. The Labute approximate surface area is 172 Å². The van der Waals surface area contributed by atoms with Crippen molar-refractivity contribution < 1.29 is 61.4 Å². The first-order chi connectivity index (χ1) is 14.2. The first kappa shape index (κ1) is 24.6. The Kier molecular flexibility index (Phi) is 6.90. The second-order valence-electron chi connectivity index (χ2n) is 6.20. The summed E-state index contributed by atoms with van der Waals surface area (Å²) in [6.45, 7) is -0.945. The largest absolute Gasteiger partial charge is 0.490 e. The fourth-order valence-electron chi connectivity index (χ4n) is 2.73. The lowest BCUT2D eigenvalue weighted by molar-refractivity contribution is -0.0512. The molecule has 31 heavy (non-hydrogen) atoms. The zero-order valence-electron chi connectivity index (χ0n) is 15.1. The summed E-state index contributed by atoms with van der Waals surface area (Å²) in [6.07, 6.45) is -4.09. The van der Waals surface area contributed by atoms with E-state index in [4.69, 9.17) is 25.2 Å². The molecule has 0 saturated carbocycles. The van der Waals surface area contributed by atoms with Crippen LogP contribution in [0.15, 0.2) is 11.3 Å². The molecular formula is C10H18N5O13P3. The number of nitrogens with one attached hydrogen (secondary N) is 1. The normalized spacial score (nSPS) is 32.2. The summed E-state index contributed by atoms with van der Waals surface area (Å²) >= 11 is 0. The maximum Gasteiger partial charge on any atom is 0.490 e. The van der Waals surface area contributed by atoms with Crippen LogP contribution in [0.4, 0.5) is 5.82 Å². The topological polar surface area (TPSA) is 278 Å². The first-order valence-electron chi connectivity index (χ1n) is 8.10. The van der Waals surface area contributed by atoms with Crippen molar-refractivity contribution in [3.05, 3.63) is 12.0 Å². The van der Waals surface area contributed by atoms with Crippen LogP contribution in [0.5, 0.6) is 0 Å². The third-order valence-corrected chi connectivity index (χ3v) is 7.76. The van der Waals surface area contributed by atoms with E-state index in [1.54, 1.807) is 0 Å². The Morgan fingerprint density at radius 3 is 2.45 bits per heavy atom. The standard InChI is InChI=1S/C10H18N5O13P3/c11-8-5-9(13-2-12-8)15(3-14-5)10-7(17)6(16)4(26-10)1-25-30(21,22)28-31(23,24)27-29(18,19)20/h2-4,6-8,10,16-17H,1,11H2,(H,12,13)(H,21,22)(H,23,24)(H2,18,19,20)/t4-,6+,7+,8?,10-/m1/s1. The average Bonchev–Trinajstić information content (AvgIpc) is 3.13. The highest BCUT2D eigenvalue weighted by Gasteiger charge is 2.47. The van der Waals surface area contributed by atoms with Crippen LogP contribution in [0.3, 0.4) is 0 Å². The van der Waals surface area contributed by atoms with Crippen molar-refractivity contribution in [3.63, 3.8) is 0 Å². The van der Waals surface area contributed by atoms with Gasteiger partial charge in [0, 0.05) is 0 Å². The molecule has 0 aliphatic carbocycles. The molecule has 7 atom stereocenters. The van der Waals surface area contributed by atoms with Crippen LogP contribution < -0.4 is 11.1 Å². The third kappa shape index (κ3) is 5.84. The van der Waals surface area contributed by atoms with Crippen LogP contribution in [0.25, 0.3) is 0 Å². The minimum atomic E-state index is -5.70. The third-order valence-electron chi connectivity index (χ3n) is 3.96. The van der Waals surface area contributed by atoms with Crippen LogP contribution in [0.2, 0.25) is 0 Å². The van der Waals surface area contributed by atoms with Gasteiger partial charge in [-0.3, -0.25) is 9.09 Å². The van der Waals surface area contributed by atoms with Crippen molar-refractivity contribution in [2.45, 2.75) is 30.7 Å². The van der Waals surface area contributed by atoms with E-state index in [0.717, 1.165) is 0 Å². The molecular weight excluding hydrogens is 491 g/mol. The molecule has 0 spiro atoms. The van der Waals surface area contributed by atoms with Gasteiger partial charge in [0.25, 0.3) is 0 Å². The van der Waals surface area contributed by atoms with Crippen molar-refractivity contribution in [1.82, 2.24) is 14.9 Å². The number of phosphoric acid groups is 3. The fourth-order valence-corrected chi connectivity index (χ4v) is 5.76. The van der Waals surface area contributed by atoms with Gasteiger partial charge >= 0.3 is 23.5 Å². The summed E-state index contributed by atoms with van der Waals surface area (Å²) in [5, 5.41) is 23.1. The number of aliphatic hydroxyl groups excluding tert-OH is 2. The smallest absolute Gasteiger partial charge is 0.387 e. The molecule has 0 bridgehead atoms. The van der Waals surface area contributed by atoms with E-state index in [1.165, 1.54) is 17.2 Å². The lowest BCUT2D eigenvalue weighted by Crippen LogP contribution is -2.34. The molecule has 2 aliphatic heterocycles. The lowest BCUT2D eigenvalue weighted by Gasteiger charge is -2.20. The van der Waals surface area contributed by atoms with Crippen molar-refractivity contribution in [3.8, 4) is 0 Å². The summed E-state index contributed by atoms with van der Waals surface area (Å²) in [5.41, 5.74) is 6.13. The number of phosphoric ester groups is 1. The number of ether oxygens (including phenoxy) is 1. The van der Waals surface area contributed by atoms with E-state index in [0.29, 0.717) is 5.69 Å². The van der Waals surface area contributed by atoms with Gasteiger partial charge in [-0.1, -0.05) is 0 Å². The molecule has 1 aromatic rings. The van der Waals surface area contributed by atoms with Gasteiger partial charge in [-0.2, -0.15) is 8.62 Å². The van der Waals surface area contributed by atoms with E-state index >= 15 is 0 Å². The van der Waals surface area contributed by atoms with Gasteiger partial charge in [0.2, 0.25) is 0 Å². The number of hydrogen-bond donors (Lipinski definition) is 8. The molecule has 21 heteroatoms. The molecule has 1 saturated heterocycles. The number of nitrogens with two attached hydrogens (primary N) is 1. The number of rotatable bonds is 8. The molecule has 18 nitrogen and oxygen atoms in total. The predicted octanol–water partition coefficient (Wildman–Crippen LogP) is -1.93. The summed E-state index contributed by atoms with van der Waals surface area (Å²) < 4.78 is 52.0. The monoisotopic (exact) mass is 509 g/mol. The molecule has 3 rings (SSSR count). The van der Waals surface area contributed by atoms with E-state index in [1.807, 2.05) is 0 Å². The van der Waals surface area contributed by atoms with Gasteiger partial charge in [-0.05, 0) is 0 Å². The summed E-state index contributed by atoms with van der Waals surface area (Å²) in [6, 6.07) is 0. The fraction of sp³-hybridized carbons (Fsp3) is 0.600. The van der Waals surface area contributed by atoms with E-state index < -0.39 is 60.8 Å². The number of fused-ring (bicyclic) bond motifs is 1. The Balaban J connectivity index is 1.66. The molecule has 3 unspecified atom stereocenters. The van der Waals surface area contributed by atoms with Gasteiger partial charge < -0.3 is 45.6 Å². The predicted molar refractivity (Wildman–Crippen MR) is 96.2 cm³/mol. The molecule has 0 radical (unpaired) electrons. The zero-order valence-corrected chi connectivity index (χ0v) is 17.7. The Bertz CT molecular complexity index is 995. The highest BCUT2D eigenvalue weighted by Crippen LogP contribution is 2.66. The summed E-state index contributed by atoms with van der Waals surface area (Å²) in [4.78, 5) is 43.7. The number of aliphatic imine (C=N–C) groups is 1. The van der Waals surface area contributed by atoms with Gasteiger partial charge in [0.15, 0.2) is 12.0 Å². The number of nitrogens with zero attached hydrogens (tertiary/aromatic N) is 3. The Morgan fingerprint density at radius 1 is 1.13 bits per heavy atom. The quantitative estimate of drug-likeness (QED) is 0.177. The first-order valence-corrected chi connectivity index (χ1v) is 12.6. The van der Waals surface area contributed by atoms with Crippen LogP contribution >= 0.6 is 23.5 Å². The van der Waals surface area contributed by atoms with Crippen LogP contribution in [-0.2, 0) is 31.6 Å². The van der Waals surface area contributed by atoms with Crippen molar-refractivity contribution in [2.75, 3.05) is 6.61 Å². The summed E-state index contributed by atoms with van der Waals surface area (Å²) in [7, 11) is -16.7. The zero-order chi connectivity index (χ0) is 23.2. The minimum Gasteiger partial charge on any atom is -0.387 e. The molecule has 2 aliphatic rings. The highest BCUT2D eigenvalue weighted by atomic mass is 31.3. The highest BCUT2D eigenvalue weighted by molar-refractivity contribution is 7.66. The molecule has 176 valence electrons. The molecule has 1 aromatic heterocycles. The van der Waals surface area contributed by atoms with E-state index in [2.05, 4.69) is 28.4 Å².